The molecular weight excluding hydrogens is 394 g/mol. The van der Waals surface area contributed by atoms with Crippen LogP contribution in [0, 0.1) is 0 Å². The second kappa shape index (κ2) is 11.3. The van der Waals surface area contributed by atoms with Crippen molar-refractivity contribution in [3.05, 3.63) is 65.7 Å². The molecule has 0 fully saturated rings. The van der Waals surface area contributed by atoms with E-state index in [-0.39, 0.29) is 0 Å². The number of hydrogen-bond acceptors (Lipinski definition) is 6. The minimum absolute atomic E-state index is 0.732. The lowest BCUT2D eigenvalue weighted by Gasteiger charge is -2.23. The molecule has 7 heteroatoms. The van der Waals surface area contributed by atoms with Crippen LogP contribution in [0.1, 0.15) is 23.4 Å². The molecule has 0 radical (unpaired) electrons. The Morgan fingerprint density at radius 2 is 1.32 bits per heavy atom. The number of aromatic nitrogens is 2. The minimum atomic E-state index is 0.732. The molecule has 2 aromatic carbocycles. The summed E-state index contributed by atoms with van der Waals surface area (Å²) in [5, 5.41) is 0. The Kier molecular flexibility index (Phi) is 8.18. The molecule has 31 heavy (non-hydrogen) atoms. The van der Waals surface area contributed by atoms with E-state index in [0.29, 0.717) is 0 Å². The quantitative estimate of drug-likeness (QED) is 0.472. The number of hydrogen-bond donors (Lipinski definition) is 1. The molecule has 166 valence electrons. The van der Waals surface area contributed by atoms with Gasteiger partial charge in [0.25, 0.3) is 0 Å². The van der Waals surface area contributed by atoms with Gasteiger partial charge in [0.2, 0.25) is 0 Å². The van der Waals surface area contributed by atoms with Gasteiger partial charge in [-0.1, -0.05) is 12.1 Å². The molecular formula is C24H31N3O4. The van der Waals surface area contributed by atoms with E-state index in [2.05, 4.69) is 27.0 Å². The first-order chi connectivity index (χ1) is 15.2. The Morgan fingerprint density at radius 3 is 1.77 bits per heavy atom. The summed E-state index contributed by atoms with van der Waals surface area (Å²) in [5.41, 5.74) is 2.33. The molecule has 1 N–H and O–H groups in total. The number of rotatable bonds is 12. The van der Waals surface area contributed by atoms with Gasteiger partial charge in [-0.2, -0.15) is 0 Å². The van der Waals surface area contributed by atoms with Gasteiger partial charge in [0.1, 0.15) is 5.82 Å². The third-order valence-electron chi connectivity index (χ3n) is 5.15. The lowest BCUT2D eigenvalue weighted by molar-refractivity contribution is 0.251. The lowest BCUT2D eigenvalue weighted by atomic mass is 10.1. The summed E-state index contributed by atoms with van der Waals surface area (Å²) in [5.74, 6) is 3.95. The lowest BCUT2D eigenvalue weighted by Crippen LogP contribution is -2.24. The van der Waals surface area contributed by atoms with Crippen LogP contribution in [0.4, 0.5) is 0 Å². The van der Waals surface area contributed by atoms with E-state index in [4.69, 9.17) is 18.9 Å². The van der Waals surface area contributed by atoms with E-state index >= 15 is 0 Å². The van der Waals surface area contributed by atoms with Crippen LogP contribution in [-0.4, -0.2) is 49.9 Å². The molecule has 0 atom stereocenters. The number of nitrogens with zero attached hydrogens (tertiary/aromatic N) is 2. The van der Waals surface area contributed by atoms with E-state index in [1.807, 2.05) is 30.5 Å². The van der Waals surface area contributed by atoms with Crippen molar-refractivity contribution in [3.8, 4) is 23.0 Å². The van der Waals surface area contributed by atoms with Gasteiger partial charge >= 0.3 is 0 Å². The second-order valence-corrected chi connectivity index (χ2v) is 7.23. The van der Waals surface area contributed by atoms with Gasteiger partial charge in [-0.15, -0.1) is 0 Å². The molecule has 0 aliphatic rings. The number of methoxy groups -OCH3 is 4. The fourth-order valence-corrected chi connectivity index (χ4v) is 3.59. The number of H-pyrrole nitrogens is 1. The standard InChI is InChI=1S/C24H31N3O4/c1-28-20-9-7-18(14-22(20)30-3)16-27(13-5-6-24-25-11-12-26-24)17-19-8-10-21(29-2)23(15-19)31-4/h7-12,14-15H,5-6,13,16-17H2,1-4H3,(H,25,26). The first-order valence-electron chi connectivity index (χ1n) is 10.3. The fraction of sp³-hybridized carbons (Fsp3) is 0.375. The third kappa shape index (κ3) is 6.15. The monoisotopic (exact) mass is 425 g/mol. The summed E-state index contributed by atoms with van der Waals surface area (Å²) < 4.78 is 21.7. The molecule has 0 spiro atoms. The van der Waals surface area contributed by atoms with Gasteiger partial charge in [-0.3, -0.25) is 4.90 Å². The highest BCUT2D eigenvalue weighted by atomic mass is 16.5. The zero-order valence-corrected chi connectivity index (χ0v) is 18.7. The summed E-state index contributed by atoms with van der Waals surface area (Å²) in [7, 11) is 6.61. The van der Waals surface area contributed by atoms with Crippen molar-refractivity contribution < 1.29 is 18.9 Å². The van der Waals surface area contributed by atoms with Crippen molar-refractivity contribution in [1.82, 2.24) is 14.9 Å². The topological polar surface area (TPSA) is 68.8 Å². The Hall–Kier alpha value is -3.19. The molecule has 0 amide bonds. The van der Waals surface area contributed by atoms with Crippen LogP contribution in [-0.2, 0) is 19.5 Å². The normalized spacial score (nSPS) is 10.9. The van der Waals surface area contributed by atoms with Crippen molar-refractivity contribution in [2.24, 2.45) is 0 Å². The van der Waals surface area contributed by atoms with Crippen molar-refractivity contribution in [3.63, 3.8) is 0 Å². The molecule has 7 nitrogen and oxygen atoms in total. The molecule has 1 aromatic heterocycles. The van der Waals surface area contributed by atoms with Crippen LogP contribution < -0.4 is 18.9 Å². The van der Waals surface area contributed by atoms with Crippen LogP contribution >= 0.6 is 0 Å². The highest BCUT2D eigenvalue weighted by Crippen LogP contribution is 2.30. The zero-order valence-electron chi connectivity index (χ0n) is 18.7. The maximum atomic E-state index is 5.48. The van der Waals surface area contributed by atoms with Crippen LogP contribution in [0.15, 0.2) is 48.8 Å². The Labute approximate surface area is 183 Å². The number of aromatic amines is 1. The first kappa shape index (κ1) is 22.5. The molecule has 0 unspecified atom stereocenters. The largest absolute Gasteiger partial charge is 0.493 e. The predicted molar refractivity (Wildman–Crippen MR) is 120 cm³/mol. The number of imidazole rings is 1. The average Bonchev–Trinajstić information content (AvgIpc) is 3.32. The van der Waals surface area contributed by atoms with Crippen LogP contribution in [0.25, 0.3) is 0 Å². The molecule has 0 aliphatic heterocycles. The fourth-order valence-electron chi connectivity index (χ4n) is 3.59. The van der Waals surface area contributed by atoms with E-state index in [1.165, 1.54) is 0 Å². The average molecular weight is 426 g/mol. The van der Waals surface area contributed by atoms with Crippen LogP contribution in [0.2, 0.25) is 0 Å². The van der Waals surface area contributed by atoms with Gasteiger partial charge in [-0.25, -0.2) is 4.98 Å². The van der Waals surface area contributed by atoms with Crippen LogP contribution in [0.5, 0.6) is 23.0 Å². The predicted octanol–water partition coefficient (Wildman–Crippen LogP) is 4.08. The molecule has 0 saturated heterocycles. The van der Waals surface area contributed by atoms with E-state index in [9.17, 15) is 0 Å². The Morgan fingerprint density at radius 1 is 0.774 bits per heavy atom. The molecule has 1 heterocycles. The number of benzene rings is 2. The summed E-state index contributed by atoms with van der Waals surface area (Å²) in [6, 6.07) is 12.1. The number of ether oxygens (including phenoxy) is 4. The number of nitrogens with one attached hydrogen (secondary N) is 1. The van der Waals surface area contributed by atoms with Crippen LogP contribution in [0.3, 0.4) is 0 Å². The second-order valence-electron chi connectivity index (χ2n) is 7.23. The highest BCUT2D eigenvalue weighted by molar-refractivity contribution is 5.44. The molecule has 3 rings (SSSR count). The van der Waals surface area contributed by atoms with Gasteiger partial charge in [0.15, 0.2) is 23.0 Å². The molecule has 0 saturated carbocycles. The number of aryl methyl sites for hydroxylation is 1. The zero-order chi connectivity index (χ0) is 22.1. The Bertz CT molecular complexity index is 887. The Balaban J connectivity index is 1.75. The van der Waals surface area contributed by atoms with Gasteiger partial charge in [0.05, 0.1) is 28.4 Å². The minimum Gasteiger partial charge on any atom is -0.493 e. The SMILES string of the molecule is COc1ccc(CN(CCCc2ncc[nH]2)Cc2ccc(OC)c(OC)c2)cc1OC. The highest BCUT2D eigenvalue weighted by Gasteiger charge is 2.13. The summed E-state index contributed by atoms with van der Waals surface area (Å²) in [4.78, 5) is 9.91. The maximum Gasteiger partial charge on any atom is 0.161 e. The van der Waals surface area contributed by atoms with Crippen molar-refractivity contribution in [2.45, 2.75) is 25.9 Å². The first-order valence-corrected chi connectivity index (χ1v) is 10.3. The summed E-state index contributed by atoms with van der Waals surface area (Å²) >= 11 is 0. The summed E-state index contributed by atoms with van der Waals surface area (Å²) in [6.45, 7) is 2.49. The van der Waals surface area contributed by atoms with Gasteiger partial charge < -0.3 is 23.9 Å². The van der Waals surface area contributed by atoms with E-state index in [1.54, 1.807) is 34.6 Å². The van der Waals surface area contributed by atoms with Crippen molar-refractivity contribution in [2.75, 3.05) is 35.0 Å². The van der Waals surface area contributed by atoms with E-state index in [0.717, 1.165) is 72.4 Å². The molecule has 0 aliphatic carbocycles. The smallest absolute Gasteiger partial charge is 0.161 e. The van der Waals surface area contributed by atoms with Gasteiger partial charge in [-0.05, 0) is 48.4 Å². The molecule has 3 aromatic rings. The third-order valence-corrected chi connectivity index (χ3v) is 5.15. The van der Waals surface area contributed by atoms with E-state index < -0.39 is 0 Å². The maximum absolute atomic E-state index is 5.48. The van der Waals surface area contributed by atoms with Crippen molar-refractivity contribution >= 4 is 0 Å². The molecule has 0 bridgehead atoms. The summed E-state index contributed by atoms with van der Waals surface area (Å²) in [6.07, 6.45) is 5.55. The van der Waals surface area contributed by atoms with Gasteiger partial charge in [0, 0.05) is 31.9 Å². The van der Waals surface area contributed by atoms with Crippen molar-refractivity contribution in [1.29, 1.82) is 0 Å².